The molecule has 2 aliphatic rings. The molecule has 4 heteroatoms. The molecule has 0 saturated carbocycles. The maximum absolute atomic E-state index is 12.9. The zero-order chi connectivity index (χ0) is 17.9. The number of aromatic nitrogens is 1. The summed E-state index contributed by atoms with van der Waals surface area (Å²) < 4.78 is 0. The van der Waals surface area contributed by atoms with Crippen molar-refractivity contribution < 1.29 is 4.79 Å². The zero-order valence-corrected chi connectivity index (χ0v) is 14.8. The summed E-state index contributed by atoms with van der Waals surface area (Å²) in [6, 6.07) is 17.0. The van der Waals surface area contributed by atoms with Crippen molar-refractivity contribution in [2.45, 2.75) is 50.7 Å². The van der Waals surface area contributed by atoms with Crippen LogP contribution in [0, 0.1) is 17.2 Å². The van der Waals surface area contributed by atoms with Crippen LogP contribution >= 0.6 is 0 Å². The van der Waals surface area contributed by atoms with Gasteiger partial charge in [0, 0.05) is 30.7 Å². The number of nitriles is 1. The molecular weight excluding hydrogens is 322 g/mol. The Bertz CT molecular complexity index is 796. The molecule has 0 N–H and O–H groups in total. The molecule has 0 aliphatic carbocycles. The zero-order valence-electron chi connectivity index (χ0n) is 14.8. The molecule has 2 fully saturated rings. The van der Waals surface area contributed by atoms with Crippen LogP contribution in [0.5, 0.6) is 0 Å². The van der Waals surface area contributed by atoms with Gasteiger partial charge in [-0.3, -0.25) is 14.7 Å². The molecule has 1 aromatic carbocycles. The average molecular weight is 345 g/mol. The number of piperidine rings is 2. The number of fused-ring (bicyclic) bond motifs is 2. The van der Waals surface area contributed by atoms with Crippen LogP contribution in [-0.4, -0.2) is 27.8 Å². The Hall–Kier alpha value is -2.51. The van der Waals surface area contributed by atoms with Gasteiger partial charge in [0.05, 0.1) is 5.56 Å². The quantitative estimate of drug-likeness (QED) is 0.787. The number of rotatable bonds is 4. The molecule has 26 heavy (non-hydrogen) atoms. The van der Waals surface area contributed by atoms with Gasteiger partial charge in [-0.05, 0) is 43.4 Å². The number of hydrogen-bond acceptors (Lipinski definition) is 4. The molecule has 2 bridgehead atoms. The van der Waals surface area contributed by atoms with Crippen molar-refractivity contribution >= 4 is 5.78 Å². The van der Waals surface area contributed by atoms with E-state index in [9.17, 15) is 4.79 Å². The Kier molecular flexibility index (Phi) is 4.81. The van der Waals surface area contributed by atoms with Crippen LogP contribution in [0.25, 0.3) is 0 Å². The number of benzene rings is 1. The fourth-order valence-corrected chi connectivity index (χ4v) is 4.56. The predicted octanol–water partition coefficient (Wildman–Crippen LogP) is 3.97. The summed E-state index contributed by atoms with van der Waals surface area (Å²) in [6.07, 6.45) is 6.95. The van der Waals surface area contributed by atoms with E-state index in [1.807, 2.05) is 0 Å². The molecule has 4 nitrogen and oxygen atoms in total. The highest BCUT2D eigenvalue weighted by molar-refractivity contribution is 5.96. The van der Waals surface area contributed by atoms with Crippen molar-refractivity contribution in [3.63, 3.8) is 0 Å². The van der Waals surface area contributed by atoms with E-state index in [2.05, 4.69) is 46.3 Å². The van der Waals surface area contributed by atoms with E-state index in [0.29, 0.717) is 23.3 Å². The fraction of sp³-hybridized carbons (Fsp3) is 0.409. The molecule has 2 unspecified atom stereocenters. The second-order valence-electron chi connectivity index (χ2n) is 7.47. The van der Waals surface area contributed by atoms with Gasteiger partial charge in [-0.15, -0.1) is 0 Å². The Balaban J connectivity index is 1.48. The topological polar surface area (TPSA) is 57.0 Å². The maximum atomic E-state index is 12.9. The molecule has 2 aliphatic heterocycles. The Morgan fingerprint density at radius 2 is 1.85 bits per heavy atom. The first-order chi connectivity index (χ1) is 12.7. The third kappa shape index (κ3) is 3.40. The normalized spacial score (nSPS) is 25.4. The van der Waals surface area contributed by atoms with Crippen molar-refractivity contribution in [3.05, 3.63) is 65.5 Å². The lowest BCUT2D eigenvalue weighted by Crippen LogP contribution is -2.52. The summed E-state index contributed by atoms with van der Waals surface area (Å²) in [5.41, 5.74) is 2.35. The highest BCUT2D eigenvalue weighted by atomic mass is 16.1. The second kappa shape index (κ2) is 7.39. The smallest absolute Gasteiger partial charge is 0.184 e. The predicted molar refractivity (Wildman–Crippen MR) is 99.4 cm³/mol. The first-order valence-electron chi connectivity index (χ1n) is 9.44. The van der Waals surface area contributed by atoms with Gasteiger partial charge in [-0.1, -0.05) is 36.8 Å². The molecule has 3 heterocycles. The van der Waals surface area contributed by atoms with E-state index >= 15 is 0 Å². The SMILES string of the molecule is N#Cc1ccc(C(=O)C2CC3CCCC(C2)N3Cc2ccccc2)nc1. The van der Waals surface area contributed by atoms with Crippen LogP contribution in [0.2, 0.25) is 0 Å². The van der Waals surface area contributed by atoms with Crippen molar-refractivity contribution in [1.29, 1.82) is 5.26 Å². The molecular formula is C22H23N3O. The second-order valence-corrected chi connectivity index (χ2v) is 7.47. The van der Waals surface area contributed by atoms with Crippen molar-refractivity contribution in [1.82, 2.24) is 9.88 Å². The maximum Gasteiger partial charge on any atom is 0.184 e. The van der Waals surface area contributed by atoms with Crippen molar-refractivity contribution in [3.8, 4) is 6.07 Å². The number of pyridine rings is 1. The van der Waals surface area contributed by atoms with Gasteiger partial charge >= 0.3 is 0 Å². The van der Waals surface area contributed by atoms with Gasteiger partial charge < -0.3 is 0 Å². The highest BCUT2D eigenvalue weighted by Gasteiger charge is 2.40. The summed E-state index contributed by atoms with van der Waals surface area (Å²) >= 11 is 0. The molecule has 2 saturated heterocycles. The molecule has 132 valence electrons. The third-order valence-electron chi connectivity index (χ3n) is 5.85. The first-order valence-corrected chi connectivity index (χ1v) is 9.44. The van der Waals surface area contributed by atoms with Gasteiger partial charge in [0.15, 0.2) is 5.78 Å². The van der Waals surface area contributed by atoms with Crippen LogP contribution in [0.1, 0.15) is 53.7 Å². The number of nitrogens with zero attached hydrogens (tertiary/aromatic N) is 3. The van der Waals surface area contributed by atoms with E-state index < -0.39 is 0 Å². The molecule has 0 spiro atoms. The van der Waals surface area contributed by atoms with E-state index in [-0.39, 0.29) is 11.7 Å². The van der Waals surface area contributed by atoms with Gasteiger partial charge in [0.2, 0.25) is 0 Å². The van der Waals surface area contributed by atoms with Crippen LogP contribution in [-0.2, 0) is 6.54 Å². The lowest BCUT2D eigenvalue weighted by Gasteiger charge is -2.48. The van der Waals surface area contributed by atoms with Gasteiger partial charge in [0.1, 0.15) is 11.8 Å². The molecule has 4 rings (SSSR count). The van der Waals surface area contributed by atoms with Crippen LogP contribution in [0.4, 0.5) is 0 Å². The van der Waals surface area contributed by atoms with E-state index in [4.69, 9.17) is 5.26 Å². The van der Waals surface area contributed by atoms with Gasteiger partial charge in [-0.2, -0.15) is 5.26 Å². The molecule has 0 amide bonds. The van der Waals surface area contributed by atoms with Crippen LogP contribution < -0.4 is 0 Å². The standard InChI is InChI=1S/C22H23N3O/c23-13-17-9-10-21(24-14-17)22(26)18-11-19-7-4-8-20(12-18)25(19)15-16-5-2-1-3-6-16/h1-3,5-6,9-10,14,18-20H,4,7-8,11-12,15H2. The lowest BCUT2D eigenvalue weighted by atomic mass is 9.76. The monoisotopic (exact) mass is 345 g/mol. The minimum absolute atomic E-state index is 0.0535. The van der Waals surface area contributed by atoms with Crippen LogP contribution in [0.15, 0.2) is 48.7 Å². The first kappa shape index (κ1) is 16.9. The van der Waals surface area contributed by atoms with Crippen molar-refractivity contribution in [2.24, 2.45) is 5.92 Å². The average Bonchev–Trinajstić information content (AvgIpc) is 2.68. The Labute approximate surface area is 154 Å². The van der Waals surface area contributed by atoms with E-state index in [1.165, 1.54) is 31.0 Å². The molecule has 1 aromatic heterocycles. The number of hydrogen-bond donors (Lipinski definition) is 0. The number of Topliss-reactive ketones (excluding diaryl/α,β-unsaturated/α-hetero) is 1. The molecule has 0 radical (unpaired) electrons. The summed E-state index contributed by atoms with van der Waals surface area (Å²) in [5, 5.41) is 8.89. The Morgan fingerprint density at radius 3 is 2.46 bits per heavy atom. The molecule has 2 atom stereocenters. The fourth-order valence-electron chi connectivity index (χ4n) is 4.56. The highest BCUT2D eigenvalue weighted by Crippen LogP contribution is 2.39. The third-order valence-corrected chi connectivity index (χ3v) is 5.85. The largest absolute Gasteiger partial charge is 0.293 e. The Morgan fingerprint density at radius 1 is 1.12 bits per heavy atom. The summed E-state index contributed by atoms with van der Waals surface area (Å²) in [4.78, 5) is 19.8. The number of carbonyl (C=O) groups excluding carboxylic acids is 1. The minimum atomic E-state index is 0.0535. The number of carbonyl (C=O) groups is 1. The summed E-state index contributed by atoms with van der Waals surface area (Å²) in [6.45, 7) is 0.978. The van der Waals surface area contributed by atoms with E-state index in [0.717, 1.165) is 19.4 Å². The summed E-state index contributed by atoms with van der Waals surface area (Å²) in [7, 11) is 0. The minimum Gasteiger partial charge on any atom is -0.293 e. The van der Waals surface area contributed by atoms with Crippen LogP contribution in [0.3, 0.4) is 0 Å². The van der Waals surface area contributed by atoms with Gasteiger partial charge in [-0.25, -0.2) is 0 Å². The molecule has 2 aromatic rings. The van der Waals surface area contributed by atoms with E-state index in [1.54, 1.807) is 12.1 Å². The van der Waals surface area contributed by atoms with Gasteiger partial charge in [0.25, 0.3) is 0 Å². The number of ketones is 1. The summed E-state index contributed by atoms with van der Waals surface area (Å²) in [5.74, 6) is 0.198. The lowest BCUT2D eigenvalue weighted by molar-refractivity contribution is 0.00892. The van der Waals surface area contributed by atoms with Crippen molar-refractivity contribution in [2.75, 3.05) is 0 Å².